The maximum Gasteiger partial charge on any atom is 0.0538 e. The zero-order chi connectivity index (χ0) is 32.2. The number of aromatic nitrogens is 1. The number of allylic oxidation sites excluding steroid dienone is 2. The third kappa shape index (κ3) is 4.97. The summed E-state index contributed by atoms with van der Waals surface area (Å²) in [6, 6.07) is 42.4. The van der Waals surface area contributed by atoms with Crippen molar-refractivity contribution in [3.05, 3.63) is 160 Å². The largest absolute Gasteiger partial charge is 0.324 e. The van der Waals surface area contributed by atoms with Gasteiger partial charge in [-0.05, 0) is 118 Å². The second kappa shape index (κ2) is 11.9. The van der Waals surface area contributed by atoms with Crippen molar-refractivity contribution in [2.24, 2.45) is 5.73 Å². The van der Waals surface area contributed by atoms with Crippen LogP contribution < -0.4 is 5.73 Å². The first-order valence-electron chi connectivity index (χ1n) is 17.2. The highest BCUT2D eigenvalue weighted by atomic mass is 32.1. The van der Waals surface area contributed by atoms with Gasteiger partial charge in [-0.25, -0.2) is 0 Å². The van der Waals surface area contributed by atoms with Crippen LogP contribution in [0.5, 0.6) is 0 Å². The summed E-state index contributed by atoms with van der Waals surface area (Å²) < 4.78 is 3.86. The minimum atomic E-state index is -0.0208. The highest BCUT2D eigenvalue weighted by Gasteiger charge is 2.22. The van der Waals surface area contributed by atoms with Crippen LogP contribution in [-0.2, 0) is 12.8 Å². The molecule has 2 aliphatic carbocycles. The van der Waals surface area contributed by atoms with Crippen molar-refractivity contribution >= 4 is 44.5 Å². The van der Waals surface area contributed by atoms with E-state index in [2.05, 4.69) is 151 Å². The molecule has 2 atom stereocenters. The molecule has 0 amide bonds. The van der Waals surface area contributed by atoms with Crippen molar-refractivity contribution in [3.8, 4) is 27.9 Å². The van der Waals surface area contributed by atoms with Crippen molar-refractivity contribution < 1.29 is 0 Å². The Kier molecular flexibility index (Phi) is 7.26. The second-order valence-electron chi connectivity index (χ2n) is 13.4. The van der Waals surface area contributed by atoms with Crippen LogP contribution in [-0.4, -0.2) is 4.57 Å². The van der Waals surface area contributed by atoms with Gasteiger partial charge in [-0.3, -0.25) is 0 Å². The Morgan fingerprint density at radius 3 is 2.40 bits per heavy atom. The Labute approximate surface area is 286 Å². The summed E-state index contributed by atoms with van der Waals surface area (Å²) in [5, 5.41) is 2.77. The van der Waals surface area contributed by atoms with Crippen LogP contribution in [0.2, 0.25) is 0 Å². The van der Waals surface area contributed by atoms with Gasteiger partial charge in [0.05, 0.1) is 5.52 Å². The van der Waals surface area contributed by atoms with E-state index in [1.54, 1.807) is 0 Å². The van der Waals surface area contributed by atoms with Gasteiger partial charge in [-0.2, -0.15) is 0 Å². The number of hydrogen-bond donors (Lipinski definition) is 1. The van der Waals surface area contributed by atoms with E-state index >= 15 is 0 Å². The molecule has 3 heteroatoms. The Morgan fingerprint density at radius 1 is 0.771 bits per heavy atom. The fraction of sp³-hybridized carbons (Fsp3) is 0.156. The zero-order valence-electron chi connectivity index (χ0n) is 27.2. The molecule has 2 aromatic heterocycles. The average molecular weight is 639 g/mol. The van der Waals surface area contributed by atoms with Crippen LogP contribution in [0.4, 0.5) is 0 Å². The van der Waals surface area contributed by atoms with E-state index in [4.69, 9.17) is 5.73 Å². The molecule has 2 aliphatic rings. The predicted molar refractivity (Wildman–Crippen MR) is 206 cm³/mol. The van der Waals surface area contributed by atoms with Gasteiger partial charge in [-0.15, -0.1) is 11.3 Å². The quantitative estimate of drug-likeness (QED) is 0.193. The molecule has 2 heterocycles. The van der Waals surface area contributed by atoms with E-state index in [-0.39, 0.29) is 6.04 Å². The Balaban J connectivity index is 1.05. The van der Waals surface area contributed by atoms with E-state index in [0.717, 1.165) is 25.7 Å². The van der Waals surface area contributed by atoms with Crippen molar-refractivity contribution in [2.45, 2.75) is 44.6 Å². The summed E-state index contributed by atoms with van der Waals surface area (Å²) in [6.07, 6.45) is 13.4. The number of benzene rings is 5. The van der Waals surface area contributed by atoms with Crippen LogP contribution in [0, 0.1) is 0 Å². The average Bonchev–Trinajstić information content (AvgIpc) is 3.69. The first-order valence-corrected chi connectivity index (χ1v) is 18.0. The summed E-state index contributed by atoms with van der Waals surface area (Å²) in [5.74, 6) is 0.570. The molecular weight excluding hydrogens is 601 g/mol. The van der Waals surface area contributed by atoms with Gasteiger partial charge in [0.25, 0.3) is 0 Å². The lowest BCUT2D eigenvalue weighted by molar-refractivity contribution is 0.722. The van der Waals surface area contributed by atoms with Crippen LogP contribution in [0.3, 0.4) is 0 Å². The third-order valence-corrected chi connectivity index (χ3v) is 11.6. The number of fused-ring (bicyclic) bond motifs is 6. The Morgan fingerprint density at radius 2 is 1.56 bits per heavy atom. The summed E-state index contributed by atoms with van der Waals surface area (Å²) in [4.78, 5) is 1.42. The third-order valence-electron chi connectivity index (χ3n) is 10.4. The molecule has 0 aliphatic heterocycles. The molecule has 5 aromatic carbocycles. The fourth-order valence-electron chi connectivity index (χ4n) is 7.91. The van der Waals surface area contributed by atoms with Gasteiger partial charge in [0.1, 0.15) is 0 Å². The summed E-state index contributed by atoms with van der Waals surface area (Å²) in [7, 11) is 0. The van der Waals surface area contributed by atoms with Gasteiger partial charge < -0.3 is 10.3 Å². The lowest BCUT2D eigenvalue weighted by atomic mass is 9.90. The molecular formula is C45H38N2S. The van der Waals surface area contributed by atoms with Crippen LogP contribution in [0.25, 0.3) is 61.1 Å². The Bertz CT molecular complexity index is 2350. The highest BCUT2D eigenvalue weighted by Crippen LogP contribution is 2.45. The van der Waals surface area contributed by atoms with Gasteiger partial charge in [-0.1, -0.05) is 110 Å². The van der Waals surface area contributed by atoms with E-state index in [0.29, 0.717) is 5.92 Å². The number of rotatable bonds is 6. The van der Waals surface area contributed by atoms with Crippen molar-refractivity contribution in [1.29, 1.82) is 0 Å². The molecule has 0 saturated heterocycles. The number of hydrogen-bond acceptors (Lipinski definition) is 2. The summed E-state index contributed by atoms with van der Waals surface area (Å²) >= 11 is 1.94. The molecule has 9 rings (SSSR count). The van der Waals surface area contributed by atoms with Crippen molar-refractivity contribution in [1.82, 2.24) is 4.57 Å². The van der Waals surface area contributed by atoms with Gasteiger partial charge in [0, 0.05) is 32.4 Å². The molecule has 0 spiro atoms. The molecule has 7 aromatic rings. The van der Waals surface area contributed by atoms with Crippen LogP contribution in [0.1, 0.15) is 64.6 Å². The normalized spacial score (nSPS) is 15.9. The number of nitrogens with two attached hydrogens (primary N) is 1. The van der Waals surface area contributed by atoms with Gasteiger partial charge in [0.15, 0.2) is 0 Å². The highest BCUT2D eigenvalue weighted by molar-refractivity contribution is 7.20. The zero-order valence-corrected chi connectivity index (χ0v) is 28.0. The van der Waals surface area contributed by atoms with E-state index in [9.17, 15) is 0 Å². The molecule has 0 saturated carbocycles. The van der Waals surface area contributed by atoms with E-state index in [1.807, 2.05) is 11.3 Å². The monoisotopic (exact) mass is 638 g/mol. The molecule has 0 bridgehead atoms. The summed E-state index contributed by atoms with van der Waals surface area (Å²) in [5.41, 5.74) is 20.8. The van der Waals surface area contributed by atoms with Gasteiger partial charge >= 0.3 is 0 Å². The number of thiophene rings is 1. The molecule has 0 fully saturated rings. The van der Waals surface area contributed by atoms with Crippen molar-refractivity contribution in [3.63, 3.8) is 0 Å². The molecule has 234 valence electrons. The van der Waals surface area contributed by atoms with Gasteiger partial charge in [0.2, 0.25) is 0 Å². The molecule has 2 nitrogen and oxygen atoms in total. The van der Waals surface area contributed by atoms with Crippen LogP contribution in [0.15, 0.2) is 127 Å². The van der Waals surface area contributed by atoms with Crippen LogP contribution >= 0.6 is 11.3 Å². The fourth-order valence-corrected chi connectivity index (χ4v) is 9.29. The molecule has 0 unspecified atom stereocenters. The molecule has 48 heavy (non-hydrogen) atoms. The number of aryl methyl sites for hydroxylation is 1. The van der Waals surface area contributed by atoms with Crippen molar-refractivity contribution in [2.75, 3.05) is 0 Å². The van der Waals surface area contributed by atoms with E-state index in [1.165, 1.54) is 81.8 Å². The molecule has 2 N–H and O–H groups in total. The maximum atomic E-state index is 6.61. The standard InChI is InChI=1S/C45H38N2S/c1-29-9-7-16-43-44(29)38-14-8-13-36(45(38)48-43)32-21-24-35(25-22-32)47-41-15-6-5-12-37(41)39-28-34(23-26-42(39)47)31-17-19-33(20-18-31)40(46)27-30-10-3-2-4-11-30/h2-4,6-8,10-11,13-26,28-29,40H,5,9,12,27,46H2,1H3/t29-,40+/m1/s1. The lowest BCUT2D eigenvalue weighted by Gasteiger charge is -2.14. The topological polar surface area (TPSA) is 30.9 Å². The first-order chi connectivity index (χ1) is 23.6. The number of nitrogens with zero attached hydrogens (tertiary/aromatic N) is 1. The minimum absolute atomic E-state index is 0.0208. The maximum absolute atomic E-state index is 6.61. The Hall–Kier alpha value is -4.96. The smallest absolute Gasteiger partial charge is 0.0538 e. The summed E-state index contributed by atoms with van der Waals surface area (Å²) in [6.45, 7) is 2.36. The SMILES string of the molecule is C[C@@H]1CC=Cc2sc3c(-c4ccc(-n5c6c(c7cc(-c8ccc([C@@H](N)Cc9ccccc9)cc8)ccc75)CCC=C6)cc4)cccc3c21. The van der Waals surface area contributed by atoms with E-state index < -0.39 is 0 Å². The first kappa shape index (κ1) is 29.2. The lowest BCUT2D eigenvalue weighted by Crippen LogP contribution is -2.13. The minimum Gasteiger partial charge on any atom is -0.324 e. The molecule has 0 radical (unpaired) electrons. The predicted octanol–water partition coefficient (Wildman–Crippen LogP) is 11.9. The second-order valence-corrected chi connectivity index (χ2v) is 14.5.